The van der Waals surface area contributed by atoms with Crippen molar-refractivity contribution in [1.29, 1.82) is 0 Å². The lowest BCUT2D eigenvalue weighted by Crippen LogP contribution is -2.54. The molecular formula is C27H23ClN2O5. The average Bonchev–Trinajstić information content (AvgIpc) is 2.83. The summed E-state index contributed by atoms with van der Waals surface area (Å²) in [7, 11) is 1.47. The van der Waals surface area contributed by atoms with Crippen LogP contribution in [0, 0.1) is 13.8 Å². The molecule has 0 saturated carbocycles. The molecule has 0 aromatic heterocycles. The molecule has 7 nitrogen and oxygen atoms in total. The number of barbiturate groups is 1. The number of nitrogens with one attached hydrogen (secondary N) is 1. The lowest BCUT2D eigenvalue weighted by molar-refractivity contribution is -0.122. The molecule has 1 saturated heterocycles. The second kappa shape index (κ2) is 10.0. The highest BCUT2D eigenvalue weighted by molar-refractivity contribution is 6.39. The van der Waals surface area contributed by atoms with Gasteiger partial charge in [0.1, 0.15) is 12.2 Å². The first kappa shape index (κ1) is 24.0. The number of rotatable bonds is 6. The van der Waals surface area contributed by atoms with Crippen LogP contribution in [0.3, 0.4) is 0 Å². The third-order valence-corrected chi connectivity index (χ3v) is 5.74. The first-order valence-electron chi connectivity index (χ1n) is 10.8. The number of carbonyl (C=O) groups is 3. The average molecular weight is 491 g/mol. The van der Waals surface area contributed by atoms with Crippen LogP contribution >= 0.6 is 11.6 Å². The molecule has 1 fully saturated rings. The van der Waals surface area contributed by atoms with Crippen molar-refractivity contribution in [3.05, 3.63) is 93.5 Å². The summed E-state index contributed by atoms with van der Waals surface area (Å²) in [6.45, 7) is 4.18. The van der Waals surface area contributed by atoms with E-state index in [0.717, 1.165) is 21.6 Å². The number of benzene rings is 3. The second-order valence-corrected chi connectivity index (χ2v) is 8.51. The van der Waals surface area contributed by atoms with E-state index in [1.54, 1.807) is 36.4 Å². The smallest absolute Gasteiger partial charge is 0.335 e. The van der Waals surface area contributed by atoms with Crippen molar-refractivity contribution in [3.8, 4) is 11.5 Å². The predicted octanol–water partition coefficient (Wildman–Crippen LogP) is 5.21. The molecule has 3 aromatic rings. The Bertz CT molecular complexity index is 1330. The summed E-state index contributed by atoms with van der Waals surface area (Å²) in [6, 6.07) is 17.1. The van der Waals surface area contributed by atoms with Gasteiger partial charge in [-0.3, -0.25) is 14.9 Å². The zero-order valence-corrected chi connectivity index (χ0v) is 20.2. The number of ether oxygens (including phenoxy) is 2. The minimum absolute atomic E-state index is 0.211. The fourth-order valence-electron chi connectivity index (χ4n) is 3.56. The zero-order chi connectivity index (χ0) is 25.1. The third kappa shape index (κ3) is 5.20. The molecule has 1 heterocycles. The van der Waals surface area contributed by atoms with Crippen LogP contribution in [0.1, 0.15) is 22.3 Å². The van der Waals surface area contributed by atoms with E-state index in [1.807, 2.05) is 38.1 Å². The summed E-state index contributed by atoms with van der Waals surface area (Å²) in [5, 5.41) is 2.46. The molecule has 0 radical (unpaired) electrons. The van der Waals surface area contributed by atoms with Gasteiger partial charge in [0, 0.05) is 0 Å². The van der Waals surface area contributed by atoms with E-state index in [9.17, 15) is 14.4 Å². The molecule has 1 aliphatic rings. The number of carbonyl (C=O) groups excluding carboxylic acids is 3. The molecule has 0 aliphatic carbocycles. The first-order chi connectivity index (χ1) is 16.8. The van der Waals surface area contributed by atoms with Crippen molar-refractivity contribution in [2.75, 3.05) is 12.0 Å². The van der Waals surface area contributed by atoms with Crippen molar-refractivity contribution < 1.29 is 23.9 Å². The van der Waals surface area contributed by atoms with Crippen LogP contribution in [-0.4, -0.2) is 25.0 Å². The highest BCUT2D eigenvalue weighted by Gasteiger charge is 2.36. The Morgan fingerprint density at radius 1 is 0.943 bits per heavy atom. The van der Waals surface area contributed by atoms with Gasteiger partial charge in [-0.2, -0.15) is 0 Å². The van der Waals surface area contributed by atoms with E-state index in [-0.39, 0.29) is 17.2 Å². The summed E-state index contributed by atoms with van der Waals surface area (Å²) < 4.78 is 11.3. The fourth-order valence-corrected chi connectivity index (χ4v) is 3.83. The maximum absolute atomic E-state index is 13.1. The molecule has 0 unspecified atom stereocenters. The van der Waals surface area contributed by atoms with Gasteiger partial charge in [-0.05, 0) is 55.3 Å². The van der Waals surface area contributed by atoms with Crippen LogP contribution in [0.4, 0.5) is 10.5 Å². The van der Waals surface area contributed by atoms with E-state index in [0.29, 0.717) is 22.7 Å². The lowest BCUT2D eigenvalue weighted by atomic mass is 10.1. The molecule has 4 amide bonds. The Morgan fingerprint density at radius 3 is 2.20 bits per heavy atom. The third-order valence-electron chi connectivity index (χ3n) is 5.46. The Labute approximate surface area is 207 Å². The van der Waals surface area contributed by atoms with E-state index < -0.39 is 17.8 Å². The van der Waals surface area contributed by atoms with E-state index >= 15 is 0 Å². The van der Waals surface area contributed by atoms with Gasteiger partial charge in [-0.15, -0.1) is 0 Å². The van der Waals surface area contributed by atoms with Gasteiger partial charge in [0.15, 0.2) is 11.5 Å². The van der Waals surface area contributed by atoms with E-state index in [2.05, 4.69) is 5.32 Å². The number of amides is 4. The first-order valence-corrected chi connectivity index (χ1v) is 11.2. The minimum atomic E-state index is -0.809. The van der Waals surface area contributed by atoms with Crippen molar-refractivity contribution >= 4 is 41.2 Å². The number of halogens is 1. The maximum Gasteiger partial charge on any atom is 0.335 e. The van der Waals surface area contributed by atoms with Crippen LogP contribution in [-0.2, 0) is 16.2 Å². The minimum Gasteiger partial charge on any atom is -0.493 e. The number of imide groups is 2. The van der Waals surface area contributed by atoms with Gasteiger partial charge in [-0.1, -0.05) is 59.1 Å². The number of hydrogen-bond donors (Lipinski definition) is 1. The van der Waals surface area contributed by atoms with Crippen molar-refractivity contribution in [2.24, 2.45) is 0 Å². The molecule has 0 bridgehead atoms. The maximum atomic E-state index is 13.1. The molecule has 178 valence electrons. The lowest BCUT2D eigenvalue weighted by Gasteiger charge is -2.26. The van der Waals surface area contributed by atoms with E-state index in [1.165, 1.54) is 13.2 Å². The molecule has 4 rings (SSSR count). The van der Waals surface area contributed by atoms with Gasteiger partial charge < -0.3 is 9.47 Å². The highest BCUT2D eigenvalue weighted by atomic mass is 35.5. The van der Waals surface area contributed by atoms with Crippen LogP contribution in [0.2, 0.25) is 5.02 Å². The van der Waals surface area contributed by atoms with Gasteiger partial charge in [0.05, 0.1) is 17.8 Å². The Balaban J connectivity index is 1.63. The van der Waals surface area contributed by atoms with Crippen molar-refractivity contribution in [1.82, 2.24) is 5.32 Å². The second-order valence-electron chi connectivity index (χ2n) is 8.10. The largest absolute Gasteiger partial charge is 0.493 e. The molecule has 35 heavy (non-hydrogen) atoms. The number of nitrogens with zero attached hydrogens (tertiary/aromatic N) is 1. The van der Waals surface area contributed by atoms with Crippen LogP contribution in [0.25, 0.3) is 6.08 Å². The van der Waals surface area contributed by atoms with Gasteiger partial charge in [0.2, 0.25) is 0 Å². The van der Waals surface area contributed by atoms with Gasteiger partial charge in [-0.25, -0.2) is 9.69 Å². The topological polar surface area (TPSA) is 84.9 Å². The number of aryl methyl sites for hydroxylation is 2. The Morgan fingerprint density at radius 2 is 1.57 bits per heavy atom. The molecule has 0 spiro atoms. The molecule has 1 N–H and O–H groups in total. The molecule has 3 aromatic carbocycles. The fraction of sp³-hybridized carbons (Fsp3) is 0.148. The van der Waals surface area contributed by atoms with Crippen molar-refractivity contribution in [2.45, 2.75) is 20.5 Å². The van der Waals surface area contributed by atoms with Gasteiger partial charge >= 0.3 is 6.03 Å². The Kier molecular flexibility index (Phi) is 6.89. The molecule has 1 aliphatic heterocycles. The number of anilines is 1. The van der Waals surface area contributed by atoms with Gasteiger partial charge in [0.25, 0.3) is 11.8 Å². The summed E-state index contributed by atoms with van der Waals surface area (Å²) in [5.41, 5.74) is 3.66. The summed E-state index contributed by atoms with van der Waals surface area (Å²) in [6.07, 6.45) is 1.36. The van der Waals surface area contributed by atoms with Crippen LogP contribution in [0.5, 0.6) is 11.5 Å². The van der Waals surface area contributed by atoms with Crippen LogP contribution < -0.4 is 19.7 Å². The predicted molar refractivity (Wildman–Crippen MR) is 134 cm³/mol. The van der Waals surface area contributed by atoms with Crippen LogP contribution in [0.15, 0.2) is 66.2 Å². The Hall–Kier alpha value is -4.10. The summed E-state index contributed by atoms with van der Waals surface area (Å²) in [5.74, 6) is -0.852. The monoisotopic (exact) mass is 490 g/mol. The zero-order valence-electron chi connectivity index (χ0n) is 19.4. The normalized spacial score (nSPS) is 14.8. The SMILES string of the molecule is COc1cc(/C=C2\C(=O)NC(=O)N(c3ccc(C)cc3)C2=O)cc(Cl)c1OCc1ccc(C)cc1. The van der Waals surface area contributed by atoms with E-state index in [4.69, 9.17) is 21.1 Å². The summed E-state index contributed by atoms with van der Waals surface area (Å²) >= 11 is 6.47. The standard InChI is InChI=1S/C27H23ClN2O5/c1-16-4-8-18(9-5-16)15-35-24-22(28)13-19(14-23(24)34-3)12-21-25(31)29-27(33)30(26(21)32)20-10-6-17(2)7-11-20/h4-14H,15H2,1-3H3,(H,29,31,33)/b21-12+. The number of methoxy groups -OCH3 is 1. The molecule has 8 heteroatoms. The van der Waals surface area contributed by atoms with Crippen molar-refractivity contribution in [3.63, 3.8) is 0 Å². The summed E-state index contributed by atoms with van der Waals surface area (Å²) in [4.78, 5) is 38.9. The molecular weight excluding hydrogens is 468 g/mol. The quantitative estimate of drug-likeness (QED) is 0.378. The highest BCUT2D eigenvalue weighted by Crippen LogP contribution is 2.38. The molecule has 0 atom stereocenters. The number of urea groups is 1. The number of hydrogen-bond acceptors (Lipinski definition) is 5.